The molecule has 18 heavy (non-hydrogen) atoms. The summed E-state index contributed by atoms with van der Waals surface area (Å²) >= 11 is 0. The van der Waals surface area contributed by atoms with Crippen LogP contribution in [-0.4, -0.2) is 12.6 Å². The largest absolute Gasteiger partial charge is 0.352 e. The molecule has 0 aliphatic heterocycles. The molecule has 2 amide bonds. The lowest BCUT2D eigenvalue weighted by Gasteiger charge is -2.30. The van der Waals surface area contributed by atoms with Crippen LogP contribution in [-0.2, 0) is 0 Å². The topological polar surface area (TPSA) is 55.1 Å². The molecule has 3 nitrogen and oxygen atoms in total. The molecule has 0 saturated heterocycles. The number of nitrogens with two attached hydrogens (primary N) is 1. The van der Waals surface area contributed by atoms with Gasteiger partial charge in [0.2, 0.25) is 0 Å². The van der Waals surface area contributed by atoms with Crippen molar-refractivity contribution in [3.05, 3.63) is 35.9 Å². The van der Waals surface area contributed by atoms with E-state index in [1.54, 1.807) is 0 Å². The third-order valence-electron chi connectivity index (χ3n) is 3.94. The molecule has 0 aromatic heterocycles. The van der Waals surface area contributed by atoms with Crippen LogP contribution in [0, 0.1) is 5.92 Å². The molecule has 0 spiro atoms. The number of hydrogen-bond acceptors (Lipinski definition) is 1. The molecule has 3 N–H and O–H groups in total. The standard InChI is InChI=1S/C15H22N2O/c16-15(18)17-11-14(12-7-3-1-4-8-12)13-9-5-2-6-10-13/h1,3-4,7-8,13-14H,2,5-6,9-11H2,(H3,16,17,18)/t14-/m1/s1. The minimum absolute atomic E-state index is 0.402. The van der Waals surface area contributed by atoms with Crippen LogP contribution >= 0.6 is 0 Å². The van der Waals surface area contributed by atoms with Crippen LogP contribution in [0.2, 0.25) is 0 Å². The van der Waals surface area contributed by atoms with Crippen LogP contribution in [0.1, 0.15) is 43.6 Å². The highest BCUT2D eigenvalue weighted by molar-refractivity contribution is 5.71. The molecular weight excluding hydrogens is 224 g/mol. The molecule has 1 aromatic carbocycles. The summed E-state index contributed by atoms with van der Waals surface area (Å²) in [5.74, 6) is 1.08. The van der Waals surface area contributed by atoms with Crippen molar-refractivity contribution in [1.82, 2.24) is 5.32 Å². The highest BCUT2D eigenvalue weighted by Gasteiger charge is 2.25. The molecule has 2 rings (SSSR count). The number of carbonyl (C=O) groups is 1. The van der Waals surface area contributed by atoms with E-state index in [0.717, 1.165) is 0 Å². The Hall–Kier alpha value is -1.51. The lowest BCUT2D eigenvalue weighted by Crippen LogP contribution is -2.35. The van der Waals surface area contributed by atoms with Crippen molar-refractivity contribution in [3.8, 4) is 0 Å². The van der Waals surface area contributed by atoms with Crippen molar-refractivity contribution < 1.29 is 4.79 Å². The third-order valence-corrected chi connectivity index (χ3v) is 3.94. The lowest BCUT2D eigenvalue weighted by atomic mass is 9.77. The van der Waals surface area contributed by atoms with Gasteiger partial charge in [0, 0.05) is 12.5 Å². The predicted octanol–water partition coefficient (Wildman–Crippen LogP) is 3.02. The SMILES string of the molecule is NC(=O)NC[C@H](c1ccccc1)C1CCCCC1. The van der Waals surface area contributed by atoms with Crippen LogP contribution < -0.4 is 11.1 Å². The molecule has 98 valence electrons. The first-order valence-electron chi connectivity index (χ1n) is 6.85. The zero-order chi connectivity index (χ0) is 12.8. The first-order valence-corrected chi connectivity index (χ1v) is 6.85. The normalized spacial score (nSPS) is 18.2. The van der Waals surface area contributed by atoms with Gasteiger partial charge in [-0.05, 0) is 24.3 Å². The van der Waals surface area contributed by atoms with Gasteiger partial charge in [0.15, 0.2) is 0 Å². The fourth-order valence-electron chi connectivity index (χ4n) is 3.00. The smallest absolute Gasteiger partial charge is 0.312 e. The van der Waals surface area contributed by atoms with Gasteiger partial charge in [0.25, 0.3) is 0 Å². The summed E-state index contributed by atoms with van der Waals surface area (Å²) in [6.07, 6.45) is 6.50. The second kappa shape index (κ2) is 6.43. The summed E-state index contributed by atoms with van der Waals surface area (Å²) in [7, 11) is 0. The zero-order valence-electron chi connectivity index (χ0n) is 10.8. The van der Waals surface area contributed by atoms with Gasteiger partial charge in [-0.2, -0.15) is 0 Å². The maximum Gasteiger partial charge on any atom is 0.312 e. The van der Waals surface area contributed by atoms with Crippen molar-refractivity contribution in [3.63, 3.8) is 0 Å². The maximum absolute atomic E-state index is 10.9. The molecule has 0 bridgehead atoms. The molecule has 0 heterocycles. The molecule has 1 atom stereocenters. The molecule has 1 aliphatic carbocycles. The number of carbonyl (C=O) groups excluding carboxylic acids is 1. The minimum atomic E-state index is -0.424. The van der Waals surface area contributed by atoms with E-state index in [9.17, 15) is 4.79 Å². The summed E-state index contributed by atoms with van der Waals surface area (Å²) < 4.78 is 0. The van der Waals surface area contributed by atoms with Crippen LogP contribution in [0.25, 0.3) is 0 Å². The molecule has 0 unspecified atom stereocenters. The van der Waals surface area contributed by atoms with Crippen LogP contribution in [0.3, 0.4) is 0 Å². The van der Waals surface area contributed by atoms with Crippen LogP contribution in [0.15, 0.2) is 30.3 Å². The van der Waals surface area contributed by atoms with E-state index in [4.69, 9.17) is 5.73 Å². The number of amides is 2. The molecule has 1 aliphatic rings. The minimum Gasteiger partial charge on any atom is -0.352 e. The molecule has 0 radical (unpaired) electrons. The van der Waals surface area contributed by atoms with Crippen molar-refractivity contribution in [2.45, 2.75) is 38.0 Å². The van der Waals surface area contributed by atoms with Crippen LogP contribution in [0.4, 0.5) is 4.79 Å². The summed E-state index contributed by atoms with van der Waals surface area (Å²) in [5, 5.41) is 2.78. The Balaban J connectivity index is 2.08. The van der Waals surface area contributed by atoms with E-state index < -0.39 is 6.03 Å². The van der Waals surface area contributed by atoms with Gasteiger partial charge in [0.1, 0.15) is 0 Å². The van der Waals surface area contributed by atoms with E-state index in [1.165, 1.54) is 37.7 Å². The first-order chi connectivity index (χ1) is 8.77. The Morgan fingerprint density at radius 2 is 1.89 bits per heavy atom. The maximum atomic E-state index is 10.9. The van der Waals surface area contributed by atoms with E-state index >= 15 is 0 Å². The Morgan fingerprint density at radius 3 is 2.50 bits per heavy atom. The fraction of sp³-hybridized carbons (Fsp3) is 0.533. The fourth-order valence-corrected chi connectivity index (χ4v) is 3.00. The number of nitrogens with one attached hydrogen (secondary N) is 1. The molecule has 1 aromatic rings. The van der Waals surface area contributed by atoms with E-state index in [0.29, 0.717) is 18.4 Å². The second-order valence-corrected chi connectivity index (χ2v) is 5.16. The Labute approximate surface area is 109 Å². The number of primary amides is 1. The summed E-state index contributed by atoms with van der Waals surface area (Å²) in [5.41, 5.74) is 6.52. The Morgan fingerprint density at radius 1 is 1.22 bits per heavy atom. The monoisotopic (exact) mass is 246 g/mol. The predicted molar refractivity (Wildman–Crippen MR) is 73.3 cm³/mol. The van der Waals surface area contributed by atoms with Gasteiger partial charge in [-0.3, -0.25) is 0 Å². The van der Waals surface area contributed by atoms with Gasteiger partial charge in [-0.15, -0.1) is 0 Å². The molecule has 1 fully saturated rings. The summed E-state index contributed by atoms with van der Waals surface area (Å²) in [6.45, 7) is 0.657. The molecule has 3 heteroatoms. The molecule has 1 saturated carbocycles. The lowest BCUT2D eigenvalue weighted by molar-refractivity contribution is 0.243. The summed E-state index contributed by atoms with van der Waals surface area (Å²) in [6, 6.07) is 10.0. The Kier molecular flexibility index (Phi) is 4.62. The van der Waals surface area contributed by atoms with Gasteiger partial charge in [-0.25, -0.2) is 4.79 Å². The van der Waals surface area contributed by atoms with Gasteiger partial charge in [0.05, 0.1) is 0 Å². The Bertz CT molecular complexity index is 371. The highest BCUT2D eigenvalue weighted by atomic mass is 16.2. The summed E-state index contributed by atoms with van der Waals surface area (Å²) in [4.78, 5) is 10.9. The van der Waals surface area contributed by atoms with Crippen LogP contribution in [0.5, 0.6) is 0 Å². The average Bonchev–Trinajstić information content (AvgIpc) is 2.41. The third kappa shape index (κ3) is 3.49. The number of benzene rings is 1. The van der Waals surface area contributed by atoms with Crippen molar-refractivity contribution in [2.24, 2.45) is 11.7 Å². The van der Waals surface area contributed by atoms with Crippen molar-refractivity contribution >= 4 is 6.03 Å². The van der Waals surface area contributed by atoms with Crippen molar-refractivity contribution in [1.29, 1.82) is 0 Å². The van der Waals surface area contributed by atoms with E-state index in [-0.39, 0.29) is 0 Å². The number of urea groups is 1. The number of hydrogen-bond donors (Lipinski definition) is 2. The average molecular weight is 246 g/mol. The quantitative estimate of drug-likeness (QED) is 0.843. The van der Waals surface area contributed by atoms with E-state index in [2.05, 4.69) is 29.6 Å². The highest BCUT2D eigenvalue weighted by Crippen LogP contribution is 2.35. The van der Waals surface area contributed by atoms with Gasteiger partial charge in [-0.1, -0.05) is 49.6 Å². The molecular formula is C15H22N2O. The first kappa shape index (κ1) is 12.9. The second-order valence-electron chi connectivity index (χ2n) is 5.16. The zero-order valence-corrected chi connectivity index (χ0v) is 10.8. The van der Waals surface area contributed by atoms with Crippen molar-refractivity contribution in [2.75, 3.05) is 6.54 Å². The number of rotatable bonds is 4. The van der Waals surface area contributed by atoms with Gasteiger partial charge >= 0.3 is 6.03 Å². The van der Waals surface area contributed by atoms with E-state index in [1.807, 2.05) is 6.07 Å². The van der Waals surface area contributed by atoms with Gasteiger partial charge < -0.3 is 11.1 Å².